The Hall–Kier alpha value is -1.37. The zero-order valence-corrected chi connectivity index (χ0v) is 10.5. The van der Waals surface area contributed by atoms with E-state index in [1.165, 1.54) is 0 Å². The van der Waals surface area contributed by atoms with Crippen LogP contribution in [0.3, 0.4) is 0 Å². The second-order valence-electron chi connectivity index (χ2n) is 4.31. The highest BCUT2D eigenvalue weighted by atomic mass is 16.5. The van der Waals surface area contributed by atoms with Crippen LogP contribution >= 0.6 is 0 Å². The Bertz CT molecular complexity index is 345. The summed E-state index contributed by atoms with van der Waals surface area (Å²) in [5, 5.41) is 12.5. The quantitative estimate of drug-likeness (QED) is 0.783. The number of hydrogen-bond acceptors (Lipinski definition) is 3. The predicted molar refractivity (Wildman–Crippen MR) is 68.7 cm³/mol. The third-order valence-corrected chi connectivity index (χ3v) is 2.65. The second-order valence-corrected chi connectivity index (χ2v) is 4.31. The molecule has 0 spiro atoms. The van der Waals surface area contributed by atoms with E-state index in [1.54, 1.807) is 7.11 Å². The monoisotopic (exact) mass is 232 g/mol. The summed E-state index contributed by atoms with van der Waals surface area (Å²) in [4.78, 5) is 0. The number of rotatable bonds is 7. The molecule has 92 valence electrons. The first kappa shape index (κ1) is 13.7. The topological polar surface area (TPSA) is 45.0 Å². The van der Waals surface area contributed by atoms with E-state index in [9.17, 15) is 0 Å². The van der Waals surface area contributed by atoms with Gasteiger partial charge in [0.05, 0.1) is 12.0 Å². The maximum atomic E-state index is 9.13. The van der Waals surface area contributed by atoms with E-state index in [0.29, 0.717) is 12.5 Å². The van der Waals surface area contributed by atoms with Gasteiger partial charge in [0.25, 0.3) is 0 Å². The molecule has 2 unspecified atom stereocenters. The van der Waals surface area contributed by atoms with E-state index >= 15 is 0 Å². The van der Waals surface area contributed by atoms with Gasteiger partial charge in [-0.1, -0.05) is 37.3 Å². The highest BCUT2D eigenvalue weighted by Crippen LogP contribution is 2.13. The molecule has 0 fully saturated rings. The van der Waals surface area contributed by atoms with Crippen molar-refractivity contribution >= 4 is 0 Å². The van der Waals surface area contributed by atoms with Crippen molar-refractivity contribution in [3.8, 4) is 6.07 Å². The van der Waals surface area contributed by atoms with Gasteiger partial charge in [-0.25, -0.2) is 0 Å². The fourth-order valence-electron chi connectivity index (χ4n) is 1.74. The molecule has 1 aromatic carbocycles. The number of ether oxygens (including phenoxy) is 1. The van der Waals surface area contributed by atoms with Crippen LogP contribution in [0.25, 0.3) is 0 Å². The lowest BCUT2D eigenvalue weighted by molar-refractivity contribution is 0.158. The van der Waals surface area contributed by atoms with Crippen LogP contribution in [0, 0.1) is 17.2 Å². The zero-order chi connectivity index (χ0) is 12.5. The predicted octanol–water partition coefficient (Wildman–Crippen LogP) is 2.17. The summed E-state index contributed by atoms with van der Waals surface area (Å²) in [5.41, 5.74) is 1.07. The van der Waals surface area contributed by atoms with Crippen LogP contribution in [0.4, 0.5) is 0 Å². The Kier molecular flexibility index (Phi) is 6.31. The van der Waals surface area contributed by atoms with Gasteiger partial charge in [0, 0.05) is 20.3 Å². The zero-order valence-electron chi connectivity index (χ0n) is 10.5. The Morgan fingerprint density at radius 2 is 2.00 bits per heavy atom. The molecule has 3 nitrogen and oxygen atoms in total. The van der Waals surface area contributed by atoms with E-state index in [2.05, 4.69) is 18.3 Å². The van der Waals surface area contributed by atoms with Gasteiger partial charge in [-0.05, 0) is 18.0 Å². The van der Waals surface area contributed by atoms with Crippen molar-refractivity contribution in [3.63, 3.8) is 0 Å². The minimum atomic E-state index is -0.0778. The van der Waals surface area contributed by atoms with Gasteiger partial charge in [0.1, 0.15) is 0 Å². The van der Waals surface area contributed by atoms with Gasteiger partial charge in [-0.2, -0.15) is 5.26 Å². The number of nitrogens with zero attached hydrogens (tertiary/aromatic N) is 1. The molecule has 17 heavy (non-hydrogen) atoms. The minimum Gasteiger partial charge on any atom is -0.384 e. The van der Waals surface area contributed by atoms with Crippen molar-refractivity contribution in [1.29, 1.82) is 5.26 Å². The van der Waals surface area contributed by atoms with Gasteiger partial charge in [0.15, 0.2) is 0 Å². The Morgan fingerprint density at radius 1 is 1.29 bits per heavy atom. The summed E-state index contributed by atoms with van der Waals surface area (Å²) in [6.45, 7) is 4.43. The first-order chi connectivity index (χ1) is 8.27. The lowest BCUT2D eigenvalue weighted by atomic mass is 10.0. The van der Waals surface area contributed by atoms with Gasteiger partial charge in [-0.15, -0.1) is 0 Å². The fraction of sp³-hybridized carbons (Fsp3) is 0.500. The van der Waals surface area contributed by atoms with Crippen LogP contribution in [0.5, 0.6) is 0 Å². The molecule has 1 aromatic rings. The molecule has 2 atom stereocenters. The third kappa shape index (κ3) is 4.99. The standard InChI is InChI=1S/C14H20N2O/c1-12(11-17-2)9-16-10-14(8-15)13-6-4-3-5-7-13/h3-7,12,14,16H,9-11H2,1-2H3. The van der Waals surface area contributed by atoms with Crippen LogP contribution in [-0.4, -0.2) is 26.8 Å². The van der Waals surface area contributed by atoms with Crippen LogP contribution in [0.1, 0.15) is 18.4 Å². The normalized spacial score (nSPS) is 13.9. The molecule has 0 aliphatic heterocycles. The van der Waals surface area contributed by atoms with Crippen molar-refractivity contribution < 1.29 is 4.74 Å². The number of hydrogen-bond donors (Lipinski definition) is 1. The lowest BCUT2D eigenvalue weighted by Crippen LogP contribution is -2.27. The Balaban J connectivity index is 2.37. The lowest BCUT2D eigenvalue weighted by Gasteiger charge is -2.14. The number of nitrogens with one attached hydrogen (secondary N) is 1. The summed E-state index contributed by atoms with van der Waals surface area (Å²) in [6.07, 6.45) is 0. The molecule has 0 aromatic heterocycles. The van der Waals surface area contributed by atoms with Crippen LogP contribution < -0.4 is 5.32 Å². The molecule has 0 aliphatic carbocycles. The van der Waals surface area contributed by atoms with E-state index < -0.39 is 0 Å². The van der Waals surface area contributed by atoms with E-state index in [-0.39, 0.29) is 5.92 Å². The molecule has 1 N–H and O–H groups in total. The molecular weight excluding hydrogens is 212 g/mol. The summed E-state index contributed by atoms with van der Waals surface area (Å²) in [7, 11) is 1.71. The molecule has 0 amide bonds. The van der Waals surface area contributed by atoms with Crippen molar-refractivity contribution in [2.75, 3.05) is 26.8 Å². The second kappa shape index (κ2) is 7.83. The average molecular weight is 232 g/mol. The first-order valence-electron chi connectivity index (χ1n) is 5.92. The van der Waals surface area contributed by atoms with Crippen LogP contribution in [0.15, 0.2) is 30.3 Å². The molecule has 0 aliphatic rings. The van der Waals surface area contributed by atoms with Gasteiger partial charge in [0.2, 0.25) is 0 Å². The van der Waals surface area contributed by atoms with Crippen LogP contribution in [-0.2, 0) is 4.74 Å². The van der Waals surface area contributed by atoms with Gasteiger partial charge >= 0.3 is 0 Å². The number of benzene rings is 1. The van der Waals surface area contributed by atoms with Crippen molar-refractivity contribution in [3.05, 3.63) is 35.9 Å². The smallest absolute Gasteiger partial charge is 0.0837 e. The SMILES string of the molecule is COCC(C)CNCC(C#N)c1ccccc1. The minimum absolute atomic E-state index is 0.0778. The highest BCUT2D eigenvalue weighted by Gasteiger charge is 2.10. The summed E-state index contributed by atoms with van der Waals surface area (Å²) in [6, 6.07) is 12.2. The molecule has 0 saturated carbocycles. The van der Waals surface area contributed by atoms with E-state index in [0.717, 1.165) is 18.7 Å². The Labute approximate surface area is 103 Å². The number of nitriles is 1. The van der Waals surface area contributed by atoms with Crippen molar-refractivity contribution in [2.45, 2.75) is 12.8 Å². The summed E-state index contributed by atoms with van der Waals surface area (Å²) >= 11 is 0. The molecule has 0 saturated heterocycles. The maximum Gasteiger partial charge on any atom is 0.0837 e. The molecule has 1 rings (SSSR count). The van der Waals surface area contributed by atoms with Gasteiger partial charge in [-0.3, -0.25) is 0 Å². The molecule has 3 heteroatoms. The van der Waals surface area contributed by atoms with Crippen molar-refractivity contribution in [1.82, 2.24) is 5.32 Å². The van der Waals surface area contributed by atoms with E-state index in [4.69, 9.17) is 10.00 Å². The van der Waals surface area contributed by atoms with E-state index in [1.807, 2.05) is 30.3 Å². The molecule has 0 radical (unpaired) electrons. The van der Waals surface area contributed by atoms with Gasteiger partial charge < -0.3 is 10.1 Å². The third-order valence-electron chi connectivity index (χ3n) is 2.65. The Morgan fingerprint density at radius 3 is 2.59 bits per heavy atom. The van der Waals surface area contributed by atoms with Crippen molar-refractivity contribution in [2.24, 2.45) is 5.92 Å². The fourth-order valence-corrected chi connectivity index (χ4v) is 1.74. The number of methoxy groups -OCH3 is 1. The first-order valence-corrected chi connectivity index (χ1v) is 5.92. The largest absolute Gasteiger partial charge is 0.384 e. The molecule has 0 bridgehead atoms. The molecule has 0 heterocycles. The molecular formula is C14H20N2O. The summed E-state index contributed by atoms with van der Waals surface area (Å²) in [5.74, 6) is 0.390. The maximum absolute atomic E-state index is 9.13. The van der Waals surface area contributed by atoms with Crippen LogP contribution in [0.2, 0.25) is 0 Å². The highest BCUT2D eigenvalue weighted by molar-refractivity contribution is 5.24. The average Bonchev–Trinajstić information content (AvgIpc) is 2.36. The summed E-state index contributed by atoms with van der Waals surface area (Å²) < 4.78 is 5.07.